The Hall–Kier alpha value is -2.98. The first-order valence-corrected chi connectivity index (χ1v) is 13.5. The second-order valence-electron chi connectivity index (χ2n) is 8.39. The summed E-state index contributed by atoms with van der Waals surface area (Å²) in [5.41, 5.74) is 0.718. The molecule has 10 heteroatoms. The number of ether oxygens (including phenoxy) is 1. The maximum Gasteiger partial charge on any atom is 0.252 e. The van der Waals surface area contributed by atoms with Crippen LogP contribution >= 0.6 is 11.3 Å². The van der Waals surface area contributed by atoms with Crippen LogP contribution in [0.15, 0.2) is 57.7 Å². The number of rotatable bonds is 8. The van der Waals surface area contributed by atoms with Gasteiger partial charge in [0.1, 0.15) is 11.8 Å². The molecule has 1 aliphatic rings. The zero-order chi connectivity index (χ0) is 24.3. The topological polar surface area (TPSA) is 107 Å². The first-order chi connectivity index (χ1) is 16.3. The smallest absolute Gasteiger partial charge is 0.252 e. The zero-order valence-corrected chi connectivity index (χ0v) is 20.7. The molecule has 1 unspecified atom stereocenters. The number of hydrogen-bond acceptors (Lipinski definition) is 7. The Bertz CT molecular complexity index is 1310. The highest BCUT2D eigenvalue weighted by Crippen LogP contribution is 2.30. The van der Waals surface area contributed by atoms with Gasteiger partial charge in [-0.1, -0.05) is 25.0 Å². The summed E-state index contributed by atoms with van der Waals surface area (Å²) < 4.78 is 32.7. The number of aryl methyl sites for hydroxylation is 1. The van der Waals surface area contributed by atoms with Gasteiger partial charge < -0.3 is 14.6 Å². The summed E-state index contributed by atoms with van der Waals surface area (Å²) in [5, 5.41) is 4.49. The molecule has 2 aromatic heterocycles. The third-order valence-corrected chi connectivity index (χ3v) is 9.10. The van der Waals surface area contributed by atoms with E-state index in [0.717, 1.165) is 24.5 Å². The molecule has 1 saturated carbocycles. The normalized spacial score (nSPS) is 15.2. The van der Waals surface area contributed by atoms with Crippen molar-refractivity contribution in [2.45, 2.75) is 55.2 Å². The number of hydrogen-bond donors (Lipinski definition) is 1. The summed E-state index contributed by atoms with van der Waals surface area (Å²) >= 11 is 1.28. The molecule has 0 spiro atoms. The third-order valence-electron chi connectivity index (χ3n) is 6.17. The minimum absolute atomic E-state index is 0.0293. The molecule has 0 bridgehead atoms. The van der Waals surface area contributed by atoms with Crippen molar-refractivity contribution in [1.82, 2.24) is 9.55 Å². The Morgan fingerprint density at radius 2 is 1.94 bits per heavy atom. The van der Waals surface area contributed by atoms with Gasteiger partial charge in [0.05, 0.1) is 17.3 Å². The number of carbonyl (C=O) groups excluding carboxylic acids is 1. The number of sulfone groups is 1. The highest BCUT2D eigenvalue weighted by Gasteiger charge is 2.32. The van der Waals surface area contributed by atoms with E-state index in [0.29, 0.717) is 29.4 Å². The van der Waals surface area contributed by atoms with Gasteiger partial charge in [-0.05, 0) is 43.5 Å². The average molecular weight is 502 g/mol. The number of methoxy groups -OCH3 is 1. The predicted octanol–water partition coefficient (Wildman–Crippen LogP) is 3.76. The molecule has 4 rings (SSSR count). The van der Waals surface area contributed by atoms with Gasteiger partial charge in [0.2, 0.25) is 5.91 Å². The fraction of sp³-hybridized carbons (Fsp3) is 0.375. The molecule has 1 aliphatic carbocycles. The Balaban J connectivity index is 1.72. The van der Waals surface area contributed by atoms with Crippen molar-refractivity contribution in [3.05, 3.63) is 69.6 Å². The van der Waals surface area contributed by atoms with Crippen molar-refractivity contribution in [3.63, 3.8) is 0 Å². The molecule has 1 amide bonds. The highest BCUT2D eigenvalue weighted by atomic mass is 32.2. The Morgan fingerprint density at radius 3 is 2.53 bits per heavy atom. The number of nitrogens with zero attached hydrogens (tertiary/aromatic N) is 2. The standard InChI is InChI=1S/C24H27N3O5S2/c1-16-13-20(34(30,31)19-5-3-4-6-19)15-22(28)27(16)21(23(29)26-24-25-11-12-33-24)14-17-7-9-18(32-2)10-8-17/h7-13,15,19,21H,3-6,14H2,1-2H3,(H,25,26,29). The summed E-state index contributed by atoms with van der Waals surface area (Å²) in [5.74, 6) is 0.282. The van der Waals surface area contributed by atoms with Crippen LogP contribution in [0.2, 0.25) is 0 Å². The SMILES string of the molecule is COc1ccc(CC(C(=O)Nc2nccs2)n2c(C)cc(S(=O)(=O)C3CCCC3)cc2=O)cc1. The lowest BCUT2D eigenvalue weighted by molar-refractivity contribution is -0.119. The lowest BCUT2D eigenvalue weighted by atomic mass is 10.0. The zero-order valence-electron chi connectivity index (χ0n) is 19.1. The number of pyridine rings is 1. The lowest BCUT2D eigenvalue weighted by Gasteiger charge is -2.22. The van der Waals surface area contributed by atoms with Crippen LogP contribution in [-0.4, -0.2) is 36.2 Å². The molecule has 0 aliphatic heterocycles. The molecule has 0 saturated heterocycles. The van der Waals surface area contributed by atoms with E-state index < -0.39 is 32.6 Å². The molecule has 2 heterocycles. The van der Waals surface area contributed by atoms with E-state index in [-0.39, 0.29) is 11.3 Å². The van der Waals surface area contributed by atoms with Crippen LogP contribution < -0.4 is 15.6 Å². The van der Waals surface area contributed by atoms with Crippen LogP contribution in [0.25, 0.3) is 0 Å². The van der Waals surface area contributed by atoms with E-state index >= 15 is 0 Å². The van der Waals surface area contributed by atoms with Crippen LogP contribution in [0.4, 0.5) is 5.13 Å². The van der Waals surface area contributed by atoms with Crippen LogP contribution in [0.5, 0.6) is 5.75 Å². The molecule has 0 radical (unpaired) electrons. The maximum absolute atomic E-state index is 13.3. The van der Waals surface area contributed by atoms with Crippen molar-refractivity contribution in [2.24, 2.45) is 0 Å². The van der Waals surface area contributed by atoms with E-state index in [1.54, 1.807) is 37.7 Å². The fourth-order valence-electron chi connectivity index (χ4n) is 4.40. The second kappa shape index (κ2) is 10.1. The van der Waals surface area contributed by atoms with E-state index in [2.05, 4.69) is 10.3 Å². The molecular weight excluding hydrogens is 474 g/mol. The van der Waals surface area contributed by atoms with Gasteiger partial charge in [0.15, 0.2) is 15.0 Å². The number of benzene rings is 1. The van der Waals surface area contributed by atoms with Gasteiger partial charge in [-0.15, -0.1) is 11.3 Å². The minimum atomic E-state index is -3.59. The van der Waals surface area contributed by atoms with E-state index in [1.165, 1.54) is 22.0 Å². The molecule has 8 nitrogen and oxygen atoms in total. The Kier molecular flexibility index (Phi) is 7.18. The minimum Gasteiger partial charge on any atom is -0.497 e. The summed E-state index contributed by atoms with van der Waals surface area (Å²) in [7, 11) is -2.02. The van der Waals surface area contributed by atoms with Gasteiger partial charge in [-0.3, -0.25) is 9.59 Å². The van der Waals surface area contributed by atoms with Crippen LogP contribution in [0.3, 0.4) is 0 Å². The Morgan fingerprint density at radius 1 is 1.24 bits per heavy atom. The fourth-order valence-corrected chi connectivity index (χ4v) is 6.87. The number of anilines is 1. The lowest BCUT2D eigenvalue weighted by Crippen LogP contribution is -2.36. The van der Waals surface area contributed by atoms with Crippen LogP contribution in [0, 0.1) is 6.92 Å². The van der Waals surface area contributed by atoms with Crippen molar-refractivity contribution < 1.29 is 17.9 Å². The van der Waals surface area contributed by atoms with Crippen molar-refractivity contribution in [3.8, 4) is 5.75 Å². The molecule has 34 heavy (non-hydrogen) atoms. The largest absolute Gasteiger partial charge is 0.497 e. The average Bonchev–Trinajstić information content (AvgIpc) is 3.53. The quantitative estimate of drug-likeness (QED) is 0.504. The van der Waals surface area contributed by atoms with Gasteiger partial charge >= 0.3 is 0 Å². The summed E-state index contributed by atoms with van der Waals surface area (Å²) in [6.07, 6.45) is 4.79. The van der Waals surface area contributed by atoms with Crippen molar-refractivity contribution in [1.29, 1.82) is 0 Å². The van der Waals surface area contributed by atoms with Crippen molar-refractivity contribution in [2.75, 3.05) is 12.4 Å². The summed E-state index contributed by atoms with van der Waals surface area (Å²) in [4.78, 5) is 30.7. The molecule has 1 atom stereocenters. The van der Waals surface area contributed by atoms with Gasteiger partial charge in [0, 0.05) is 29.8 Å². The van der Waals surface area contributed by atoms with E-state index in [9.17, 15) is 18.0 Å². The first kappa shape index (κ1) is 24.2. The Labute approximate surface area is 202 Å². The molecule has 1 N–H and O–H groups in total. The summed E-state index contributed by atoms with van der Waals surface area (Å²) in [6, 6.07) is 9.01. The second-order valence-corrected chi connectivity index (χ2v) is 11.5. The van der Waals surface area contributed by atoms with Crippen LogP contribution in [-0.2, 0) is 21.1 Å². The van der Waals surface area contributed by atoms with Crippen LogP contribution in [0.1, 0.15) is 43.0 Å². The number of amides is 1. The molecule has 3 aromatic rings. The first-order valence-electron chi connectivity index (χ1n) is 11.1. The molecule has 1 aromatic carbocycles. The molecule has 180 valence electrons. The van der Waals surface area contributed by atoms with Crippen molar-refractivity contribution >= 4 is 32.2 Å². The molecule has 1 fully saturated rings. The maximum atomic E-state index is 13.3. The van der Waals surface area contributed by atoms with E-state index in [1.807, 2.05) is 12.1 Å². The third kappa shape index (κ3) is 5.07. The number of nitrogens with one attached hydrogen (secondary N) is 1. The number of thiazole rings is 1. The number of carbonyl (C=O) groups is 1. The van der Waals surface area contributed by atoms with Gasteiger partial charge in [0.25, 0.3) is 5.56 Å². The highest BCUT2D eigenvalue weighted by molar-refractivity contribution is 7.92. The van der Waals surface area contributed by atoms with E-state index in [4.69, 9.17) is 4.74 Å². The summed E-state index contributed by atoms with van der Waals surface area (Å²) in [6.45, 7) is 1.66. The predicted molar refractivity (Wildman–Crippen MR) is 131 cm³/mol. The van der Waals surface area contributed by atoms with Gasteiger partial charge in [-0.25, -0.2) is 13.4 Å². The number of aromatic nitrogens is 2. The van der Waals surface area contributed by atoms with Gasteiger partial charge in [-0.2, -0.15) is 0 Å². The monoisotopic (exact) mass is 501 g/mol. The molecular formula is C24H27N3O5S2.